The summed E-state index contributed by atoms with van der Waals surface area (Å²) in [6.45, 7) is 7.38. The predicted molar refractivity (Wildman–Crippen MR) is 96.6 cm³/mol. The molecule has 148 valence electrons. The summed E-state index contributed by atoms with van der Waals surface area (Å²) in [5.74, 6) is -3.00. The number of allylic oxidation sites excluding steroid dienone is 1. The van der Waals surface area contributed by atoms with Crippen molar-refractivity contribution in [3.8, 4) is 0 Å². The average molecular weight is 378 g/mol. The van der Waals surface area contributed by atoms with E-state index in [4.69, 9.17) is 9.47 Å². The summed E-state index contributed by atoms with van der Waals surface area (Å²) >= 11 is 0. The molecular weight excluding hydrogens is 352 g/mol. The van der Waals surface area contributed by atoms with Crippen LogP contribution in [0.1, 0.15) is 39.5 Å². The predicted octanol–water partition coefficient (Wildman–Crippen LogP) is 2.16. The van der Waals surface area contributed by atoms with Gasteiger partial charge in [-0.15, -0.1) is 0 Å². The summed E-state index contributed by atoms with van der Waals surface area (Å²) in [5.41, 5.74) is 0.899. The SMILES string of the molecule is C=C1C(=O)OC2C=C(COC(=O)C(C)CC)CCC=C(C(=O)O)CC(O)C12. The fourth-order valence-electron chi connectivity index (χ4n) is 3.15. The molecule has 1 aliphatic carbocycles. The molecular formula is C20H26O7. The van der Waals surface area contributed by atoms with Crippen molar-refractivity contribution in [3.63, 3.8) is 0 Å². The van der Waals surface area contributed by atoms with Crippen LogP contribution in [0.5, 0.6) is 0 Å². The number of aliphatic carboxylic acids is 1. The molecule has 2 aliphatic rings. The molecule has 0 aromatic carbocycles. The van der Waals surface area contributed by atoms with Crippen LogP contribution in [0.15, 0.2) is 35.5 Å². The van der Waals surface area contributed by atoms with Gasteiger partial charge in [-0.05, 0) is 30.9 Å². The maximum absolute atomic E-state index is 11.9. The smallest absolute Gasteiger partial charge is 0.334 e. The Morgan fingerprint density at radius 3 is 2.78 bits per heavy atom. The number of hydrogen-bond donors (Lipinski definition) is 2. The Morgan fingerprint density at radius 2 is 2.15 bits per heavy atom. The minimum absolute atomic E-state index is 0.0305. The van der Waals surface area contributed by atoms with Crippen molar-refractivity contribution in [2.24, 2.45) is 11.8 Å². The van der Waals surface area contributed by atoms with Gasteiger partial charge in [0.1, 0.15) is 12.7 Å². The summed E-state index contributed by atoms with van der Waals surface area (Å²) in [7, 11) is 0. The van der Waals surface area contributed by atoms with Crippen LogP contribution < -0.4 is 0 Å². The Bertz CT molecular complexity index is 688. The molecule has 1 heterocycles. The molecule has 2 rings (SSSR count). The van der Waals surface area contributed by atoms with Gasteiger partial charge >= 0.3 is 17.9 Å². The third-order valence-electron chi connectivity index (χ3n) is 5.05. The van der Waals surface area contributed by atoms with Gasteiger partial charge in [0.25, 0.3) is 0 Å². The molecule has 0 amide bonds. The highest BCUT2D eigenvalue weighted by molar-refractivity contribution is 5.91. The molecule has 7 heteroatoms. The number of carbonyl (C=O) groups excluding carboxylic acids is 2. The lowest BCUT2D eigenvalue weighted by Crippen LogP contribution is -2.30. The third-order valence-corrected chi connectivity index (χ3v) is 5.05. The van der Waals surface area contributed by atoms with E-state index in [1.54, 1.807) is 19.1 Å². The van der Waals surface area contributed by atoms with Gasteiger partial charge in [0.2, 0.25) is 0 Å². The van der Waals surface area contributed by atoms with E-state index in [2.05, 4.69) is 6.58 Å². The lowest BCUT2D eigenvalue weighted by Gasteiger charge is -2.23. The highest BCUT2D eigenvalue weighted by atomic mass is 16.6. The summed E-state index contributed by atoms with van der Waals surface area (Å²) in [6.07, 6.45) is 2.79. The van der Waals surface area contributed by atoms with Crippen LogP contribution in [0.3, 0.4) is 0 Å². The molecule has 1 saturated heterocycles. The zero-order valence-electron chi connectivity index (χ0n) is 15.6. The molecule has 0 saturated carbocycles. The molecule has 0 spiro atoms. The normalized spacial score (nSPS) is 27.0. The Labute approximate surface area is 158 Å². The number of fused-ring (bicyclic) bond motifs is 1. The number of hydrogen-bond acceptors (Lipinski definition) is 6. The first kappa shape index (κ1) is 20.9. The zero-order chi connectivity index (χ0) is 20.1. The topological polar surface area (TPSA) is 110 Å². The van der Waals surface area contributed by atoms with E-state index < -0.39 is 30.1 Å². The number of aliphatic hydroxyl groups is 1. The molecule has 1 aliphatic heterocycles. The highest BCUT2D eigenvalue weighted by Crippen LogP contribution is 2.34. The van der Waals surface area contributed by atoms with Crippen LogP contribution in [0, 0.1) is 11.8 Å². The van der Waals surface area contributed by atoms with E-state index in [0.29, 0.717) is 24.8 Å². The first-order valence-corrected chi connectivity index (χ1v) is 9.10. The second kappa shape index (κ2) is 8.99. The number of aliphatic hydroxyl groups excluding tert-OH is 1. The second-order valence-electron chi connectivity index (χ2n) is 7.01. The molecule has 2 N–H and O–H groups in total. The van der Waals surface area contributed by atoms with Crippen LogP contribution in [-0.4, -0.2) is 46.9 Å². The first-order chi connectivity index (χ1) is 12.7. The van der Waals surface area contributed by atoms with Crippen molar-refractivity contribution >= 4 is 17.9 Å². The largest absolute Gasteiger partial charge is 0.478 e. The number of ether oxygens (including phenoxy) is 2. The standard InChI is InChI=1S/C20H26O7/c1-4-11(2)19(24)26-10-13-6-5-7-14(18(22)23)9-15(21)17-12(3)20(25)27-16(17)8-13/h7-8,11,15-17,21H,3-6,9-10H2,1-2H3,(H,22,23). The van der Waals surface area contributed by atoms with Crippen molar-refractivity contribution < 1.29 is 34.1 Å². The van der Waals surface area contributed by atoms with E-state index >= 15 is 0 Å². The summed E-state index contributed by atoms with van der Waals surface area (Å²) in [6, 6.07) is 0. The van der Waals surface area contributed by atoms with Gasteiger partial charge in [0.05, 0.1) is 17.9 Å². The highest BCUT2D eigenvalue weighted by Gasteiger charge is 2.42. The molecule has 27 heavy (non-hydrogen) atoms. The minimum atomic E-state index is -1.12. The average Bonchev–Trinajstić information content (AvgIpc) is 2.90. The van der Waals surface area contributed by atoms with Crippen molar-refractivity contribution in [1.82, 2.24) is 0 Å². The summed E-state index contributed by atoms with van der Waals surface area (Å²) in [4.78, 5) is 35.3. The van der Waals surface area contributed by atoms with Gasteiger partial charge in [0.15, 0.2) is 0 Å². The number of carboxylic acid groups (broad SMARTS) is 1. The minimum Gasteiger partial charge on any atom is -0.478 e. The molecule has 4 atom stereocenters. The van der Waals surface area contributed by atoms with E-state index in [9.17, 15) is 24.6 Å². The van der Waals surface area contributed by atoms with Crippen molar-refractivity contribution in [1.29, 1.82) is 0 Å². The van der Waals surface area contributed by atoms with Gasteiger partial charge in [-0.1, -0.05) is 26.5 Å². The lowest BCUT2D eigenvalue weighted by molar-refractivity contribution is -0.147. The lowest BCUT2D eigenvalue weighted by atomic mass is 9.85. The first-order valence-electron chi connectivity index (χ1n) is 9.10. The van der Waals surface area contributed by atoms with Crippen LogP contribution >= 0.6 is 0 Å². The summed E-state index contributed by atoms with van der Waals surface area (Å²) in [5, 5.41) is 19.8. The van der Waals surface area contributed by atoms with Crippen molar-refractivity contribution in [2.75, 3.05) is 6.61 Å². The van der Waals surface area contributed by atoms with Crippen molar-refractivity contribution in [2.45, 2.75) is 51.7 Å². The molecule has 0 aromatic heterocycles. The zero-order valence-corrected chi connectivity index (χ0v) is 15.6. The Hall–Kier alpha value is -2.41. The number of esters is 2. The van der Waals surface area contributed by atoms with Gasteiger partial charge in [-0.25, -0.2) is 9.59 Å². The number of carboxylic acids is 1. The van der Waals surface area contributed by atoms with Crippen LogP contribution in [0.2, 0.25) is 0 Å². The monoisotopic (exact) mass is 378 g/mol. The van der Waals surface area contributed by atoms with Gasteiger partial charge < -0.3 is 19.7 Å². The molecule has 0 aromatic rings. The van der Waals surface area contributed by atoms with Crippen molar-refractivity contribution in [3.05, 3.63) is 35.5 Å². The quantitative estimate of drug-likeness (QED) is 0.428. The van der Waals surface area contributed by atoms with Crippen LogP contribution in [0.4, 0.5) is 0 Å². The Morgan fingerprint density at radius 1 is 1.44 bits per heavy atom. The third kappa shape index (κ3) is 5.07. The molecule has 4 unspecified atom stereocenters. The van der Waals surface area contributed by atoms with E-state index in [1.807, 2.05) is 6.92 Å². The second-order valence-corrected chi connectivity index (χ2v) is 7.01. The molecule has 0 bridgehead atoms. The molecule has 0 radical (unpaired) electrons. The fourth-order valence-corrected chi connectivity index (χ4v) is 3.15. The van der Waals surface area contributed by atoms with Crippen LogP contribution in [0.25, 0.3) is 0 Å². The maximum Gasteiger partial charge on any atom is 0.334 e. The maximum atomic E-state index is 11.9. The van der Waals surface area contributed by atoms with E-state index in [0.717, 1.165) is 0 Å². The Balaban J connectivity index is 2.27. The van der Waals surface area contributed by atoms with E-state index in [1.165, 1.54) is 0 Å². The van der Waals surface area contributed by atoms with Gasteiger partial charge in [-0.2, -0.15) is 0 Å². The number of rotatable bonds is 5. The summed E-state index contributed by atoms with van der Waals surface area (Å²) < 4.78 is 10.6. The fraction of sp³-hybridized carbons (Fsp3) is 0.550. The van der Waals surface area contributed by atoms with Gasteiger partial charge in [0, 0.05) is 17.6 Å². The molecule has 7 nitrogen and oxygen atoms in total. The Kier molecular flexibility index (Phi) is 6.96. The molecule has 1 fully saturated rings. The van der Waals surface area contributed by atoms with Crippen LogP contribution in [-0.2, 0) is 23.9 Å². The van der Waals surface area contributed by atoms with Gasteiger partial charge in [-0.3, -0.25) is 4.79 Å². The van der Waals surface area contributed by atoms with E-state index in [-0.39, 0.29) is 36.1 Å². The number of carbonyl (C=O) groups is 3.